The number of nitro benzene ring substituents is 1. The lowest BCUT2D eigenvalue weighted by molar-refractivity contribution is -0.384. The van der Waals surface area contributed by atoms with Crippen LogP contribution in [0.2, 0.25) is 0 Å². The van der Waals surface area contributed by atoms with Gasteiger partial charge >= 0.3 is 5.97 Å². The molecule has 0 bridgehead atoms. The largest absolute Gasteiger partial charge is 0.494 e. The van der Waals surface area contributed by atoms with Crippen molar-refractivity contribution in [2.75, 3.05) is 30.0 Å². The minimum absolute atomic E-state index is 0.0271. The van der Waals surface area contributed by atoms with Crippen molar-refractivity contribution in [3.63, 3.8) is 0 Å². The van der Waals surface area contributed by atoms with Crippen LogP contribution in [0.4, 0.5) is 17.1 Å². The molecule has 1 atom stereocenters. The monoisotopic (exact) mass is 427 g/mol. The summed E-state index contributed by atoms with van der Waals surface area (Å²) in [5.41, 5.74) is 0.711. The van der Waals surface area contributed by atoms with Crippen LogP contribution in [0.5, 0.6) is 5.75 Å². The number of non-ortho nitro benzene ring substituents is 1. The summed E-state index contributed by atoms with van der Waals surface area (Å²) in [5, 5.41) is 13.5. The van der Waals surface area contributed by atoms with Crippen LogP contribution in [0.1, 0.15) is 13.3 Å². The van der Waals surface area contributed by atoms with Gasteiger partial charge < -0.3 is 19.7 Å². The maximum Gasteiger partial charge on any atom is 0.311 e. The van der Waals surface area contributed by atoms with E-state index in [9.17, 15) is 24.5 Å². The van der Waals surface area contributed by atoms with Crippen LogP contribution in [-0.2, 0) is 19.1 Å². The highest BCUT2D eigenvalue weighted by Crippen LogP contribution is 2.28. The van der Waals surface area contributed by atoms with Gasteiger partial charge in [-0.05, 0) is 37.3 Å². The normalized spacial score (nSPS) is 15.5. The molecule has 1 aliphatic rings. The molecule has 162 valence electrons. The second-order valence-corrected chi connectivity index (χ2v) is 6.80. The van der Waals surface area contributed by atoms with Gasteiger partial charge in [0.05, 0.1) is 23.1 Å². The van der Waals surface area contributed by atoms with Crippen molar-refractivity contribution >= 4 is 34.8 Å². The van der Waals surface area contributed by atoms with Crippen molar-refractivity contribution in [1.82, 2.24) is 0 Å². The lowest BCUT2D eigenvalue weighted by Crippen LogP contribution is -2.28. The van der Waals surface area contributed by atoms with Gasteiger partial charge in [0.15, 0.2) is 6.61 Å². The van der Waals surface area contributed by atoms with E-state index in [2.05, 4.69) is 5.32 Å². The number of carbonyl (C=O) groups is 3. The molecule has 1 saturated heterocycles. The van der Waals surface area contributed by atoms with Gasteiger partial charge in [0.25, 0.3) is 11.6 Å². The van der Waals surface area contributed by atoms with Gasteiger partial charge in [-0.15, -0.1) is 0 Å². The zero-order chi connectivity index (χ0) is 22.4. The lowest BCUT2D eigenvalue weighted by atomic mass is 10.1. The summed E-state index contributed by atoms with van der Waals surface area (Å²) in [5.74, 6) is -1.63. The highest BCUT2D eigenvalue weighted by Gasteiger charge is 2.36. The Balaban J connectivity index is 1.51. The number of rotatable bonds is 8. The highest BCUT2D eigenvalue weighted by atomic mass is 16.6. The van der Waals surface area contributed by atoms with Crippen LogP contribution in [0.15, 0.2) is 48.5 Å². The molecular formula is C21H21N3O7. The molecule has 1 heterocycles. The Labute approximate surface area is 177 Å². The molecule has 31 heavy (non-hydrogen) atoms. The molecule has 0 saturated carbocycles. The number of ether oxygens (including phenoxy) is 2. The van der Waals surface area contributed by atoms with Gasteiger partial charge in [-0.1, -0.05) is 6.07 Å². The predicted molar refractivity (Wildman–Crippen MR) is 111 cm³/mol. The van der Waals surface area contributed by atoms with Gasteiger partial charge in [0.2, 0.25) is 5.91 Å². The second-order valence-electron chi connectivity index (χ2n) is 6.80. The highest BCUT2D eigenvalue weighted by molar-refractivity contribution is 6.00. The average Bonchev–Trinajstić information content (AvgIpc) is 3.15. The summed E-state index contributed by atoms with van der Waals surface area (Å²) in [4.78, 5) is 48.3. The molecule has 0 aliphatic carbocycles. The van der Waals surface area contributed by atoms with E-state index in [1.807, 2.05) is 6.92 Å². The summed E-state index contributed by atoms with van der Waals surface area (Å²) in [6.07, 6.45) is -0.0952. The number of amides is 2. The number of hydrogen-bond donors (Lipinski definition) is 1. The van der Waals surface area contributed by atoms with Crippen molar-refractivity contribution in [2.45, 2.75) is 13.3 Å². The Morgan fingerprint density at radius 1 is 1.23 bits per heavy atom. The first-order valence-corrected chi connectivity index (χ1v) is 9.61. The van der Waals surface area contributed by atoms with Crippen molar-refractivity contribution in [3.05, 3.63) is 58.6 Å². The molecule has 0 unspecified atom stereocenters. The van der Waals surface area contributed by atoms with Crippen LogP contribution in [0.3, 0.4) is 0 Å². The summed E-state index contributed by atoms with van der Waals surface area (Å²) < 4.78 is 10.4. The molecule has 10 heteroatoms. The third-order valence-electron chi connectivity index (χ3n) is 4.61. The minimum atomic E-state index is -0.759. The number of carbonyl (C=O) groups excluding carboxylic acids is 3. The molecule has 0 spiro atoms. The van der Waals surface area contributed by atoms with Gasteiger partial charge in [-0.25, -0.2) is 0 Å². The Kier molecular flexibility index (Phi) is 6.81. The van der Waals surface area contributed by atoms with Crippen LogP contribution in [-0.4, -0.2) is 42.5 Å². The molecule has 2 amide bonds. The van der Waals surface area contributed by atoms with Gasteiger partial charge in [0.1, 0.15) is 5.75 Å². The van der Waals surface area contributed by atoms with Crippen molar-refractivity contribution in [2.24, 2.45) is 5.92 Å². The number of hydrogen-bond acceptors (Lipinski definition) is 7. The molecule has 1 aliphatic heterocycles. The standard InChI is InChI=1S/C21H21N3O7/c1-2-30-18-8-6-15(7-9-18)22-19(25)13-31-21(27)14-10-20(26)23(12-14)16-4-3-5-17(11-16)24(28)29/h3-9,11,14H,2,10,12-13H2,1H3,(H,22,25)/t14-/m1/s1. The SMILES string of the molecule is CCOc1ccc(NC(=O)COC(=O)[C@@H]2CC(=O)N(c3cccc([N+](=O)[O-])c3)C2)cc1. The molecule has 3 rings (SSSR count). The van der Waals surface area contributed by atoms with Crippen LogP contribution in [0.25, 0.3) is 0 Å². The third-order valence-corrected chi connectivity index (χ3v) is 4.61. The smallest absolute Gasteiger partial charge is 0.311 e. The molecule has 0 aromatic heterocycles. The van der Waals surface area contributed by atoms with E-state index in [4.69, 9.17) is 9.47 Å². The first kappa shape index (κ1) is 21.8. The number of nitrogens with zero attached hydrogens (tertiary/aromatic N) is 2. The lowest BCUT2D eigenvalue weighted by Gasteiger charge is -2.16. The van der Waals surface area contributed by atoms with Gasteiger partial charge in [-0.2, -0.15) is 0 Å². The summed E-state index contributed by atoms with van der Waals surface area (Å²) in [6.45, 7) is 1.93. The molecule has 1 N–H and O–H groups in total. The second kappa shape index (κ2) is 9.70. The summed E-state index contributed by atoms with van der Waals surface area (Å²) in [7, 11) is 0. The van der Waals surface area contributed by atoms with Crippen LogP contribution in [0, 0.1) is 16.0 Å². The number of esters is 1. The fourth-order valence-corrected chi connectivity index (χ4v) is 3.14. The average molecular weight is 427 g/mol. The molecule has 1 fully saturated rings. The summed E-state index contributed by atoms with van der Waals surface area (Å²) >= 11 is 0. The third kappa shape index (κ3) is 5.56. The van der Waals surface area contributed by atoms with Crippen LogP contribution < -0.4 is 15.0 Å². The Hall–Kier alpha value is -3.95. The summed E-state index contributed by atoms with van der Waals surface area (Å²) in [6, 6.07) is 12.4. The minimum Gasteiger partial charge on any atom is -0.494 e. The molecule has 10 nitrogen and oxygen atoms in total. The van der Waals surface area contributed by atoms with E-state index in [1.54, 1.807) is 30.3 Å². The maximum absolute atomic E-state index is 12.3. The van der Waals surface area contributed by atoms with Crippen molar-refractivity contribution < 1.29 is 28.8 Å². The number of anilines is 2. The first-order chi connectivity index (χ1) is 14.9. The topological polar surface area (TPSA) is 128 Å². The quantitative estimate of drug-likeness (QED) is 0.389. The number of nitro groups is 1. The molecule has 0 radical (unpaired) electrons. The van der Waals surface area contributed by atoms with E-state index >= 15 is 0 Å². The van der Waals surface area contributed by atoms with E-state index in [0.717, 1.165) is 0 Å². The fraction of sp³-hybridized carbons (Fsp3) is 0.286. The molecule has 2 aromatic rings. The Bertz CT molecular complexity index is 991. The fourth-order valence-electron chi connectivity index (χ4n) is 3.14. The zero-order valence-electron chi connectivity index (χ0n) is 16.8. The molecular weight excluding hydrogens is 406 g/mol. The van der Waals surface area contributed by atoms with Gasteiger partial charge in [-0.3, -0.25) is 24.5 Å². The van der Waals surface area contributed by atoms with E-state index in [0.29, 0.717) is 23.7 Å². The maximum atomic E-state index is 12.3. The van der Waals surface area contributed by atoms with Crippen LogP contribution >= 0.6 is 0 Å². The van der Waals surface area contributed by atoms with Gasteiger partial charge in [0, 0.05) is 30.8 Å². The Morgan fingerprint density at radius 3 is 2.65 bits per heavy atom. The first-order valence-electron chi connectivity index (χ1n) is 9.61. The predicted octanol–water partition coefficient (Wildman–Crippen LogP) is 2.53. The van der Waals surface area contributed by atoms with E-state index < -0.39 is 29.3 Å². The van der Waals surface area contributed by atoms with Crippen molar-refractivity contribution in [1.29, 1.82) is 0 Å². The van der Waals surface area contributed by atoms with E-state index in [1.165, 1.54) is 23.1 Å². The zero-order valence-corrected chi connectivity index (χ0v) is 16.8. The number of benzene rings is 2. The number of nitrogens with one attached hydrogen (secondary N) is 1. The van der Waals surface area contributed by atoms with Crippen molar-refractivity contribution in [3.8, 4) is 5.75 Å². The molecule has 2 aromatic carbocycles. The van der Waals surface area contributed by atoms with E-state index in [-0.39, 0.29) is 24.6 Å². The Morgan fingerprint density at radius 2 is 1.97 bits per heavy atom.